The van der Waals surface area contributed by atoms with Crippen LogP contribution in [-0.2, 0) is 15.6 Å². The Morgan fingerprint density at radius 2 is 1.16 bits per heavy atom. The summed E-state index contributed by atoms with van der Waals surface area (Å²) in [5.41, 5.74) is 4.71. The topological polar surface area (TPSA) is 72.8 Å². The molecule has 0 radical (unpaired) electrons. The van der Waals surface area contributed by atoms with E-state index in [-0.39, 0.29) is 10.6 Å². The van der Waals surface area contributed by atoms with Gasteiger partial charge in [0.2, 0.25) is 0 Å². The molecule has 0 aliphatic carbocycles. The van der Waals surface area contributed by atoms with Crippen LogP contribution in [0.3, 0.4) is 0 Å². The highest BCUT2D eigenvalue weighted by molar-refractivity contribution is 7.90. The Bertz CT molecular complexity index is 1490. The minimum Gasteiger partial charge on any atom is -0.242 e. The van der Waals surface area contributed by atoms with Crippen molar-refractivity contribution in [3.63, 3.8) is 0 Å². The van der Waals surface area contributed by atoms with Crippen LogP contribution >= 0.6 is 0 Å². The predicted octanol–water partition coefficient (Wildman–Crippen LogP) is 5.33. The molecule has 0 spiro atoms. The van der Waals surface area contributed by atoms with E-state index in [0.717, 1.165) is 11.1 Å². The molecule has 5 aromatic rings. The molecule has 6 heteroatoms. The van der Waals surface area contributed by atoms with Gasteiger partial charge in [-0.2, -0.15) is 0 Å². The van der Waals surface area contributed by atoms with Crippen LogP contribution in [0.25, 0.3) is 33.7 Å². The van der Waals surface area contributed by atoms with Crippen molar-refractivity contribution >= 4 is 21.0 Å². The molecule has 32 heavy (non-hydrogen) atoms. The first kappa shape index (κ1) is 20.0. The third-order valence-corrected chi connectivity index (χ3v) is 6.88. The van der Waals surface area contributed by atoms with Gasteiger partial charge in [-0.15, -0.1) is 0 Å². The van der Waals surface area contributed by atoms with E-state index in [4.69, 9.17) is 9.97 Å². The molecule has 3 aromatic carbocycles. The molecular formula is C26H19N3O2S. The van der Waals surface area contributed by atoms with Gasteiger partial charge in [0.1, 0.15) is 5.52 Å². The summed E-state index contributed by atoms with van der Waals surface area (Å²) >= 11 is 0. The molecule has 156 valence electrons. The molecule has 0 bridgehead atoms. The van der Waals surface area contributed by atoms with Crippen molar-refractivity contribution in [3.05, 3.63) is 109 Å². The van der Waals surface area contributed by atoms with Crippen molar-refractivity contribution in [2.45, 2.75) is 10.6 Å². The van der Waals surface area contributed by atoms with Crippen LogP contribution in [0.1, 0.15) is 5.56 Å². The van der Waals surface area contributed by atoms with Gasteiger partial charge in [-0.25, -0.2) is 23.4 Å². The van der Waals surface area contributed by atoms with Gasteiger partial charge in [0.25, 0.3) is 0 Å². The maximum absolute atomic E-state index is 13.0. The zero-order valence-corrected chi connectivity index (χ0v) is 17.9. The lowest BCUT2D eigenvalue weighted by atomic mass is 10.0. The Hall–Kier alpha value is -3.90. The second-order valence-electron chi connectivity index (χ2n) is 7.37. The lowest BCUT2D eigenvalue weighted by molar-refractivity contribution is 0.595. The second-order valence-corrected chi connectivity index (χ2v) is 9.36. The Kier molecular flexibility index (Phi) is 5.21. The molecule has 0 aliphatic rings. The molecule has 0 saturated heterocycles. The molecular weight excluding hydrogens is 418 g/mol. The van der Waals surface area contributed by atoms with Crippen molar-refractivity contribution in [2.75, 3.05) is 0 Å². The molecule has 0 saturated carbocycles. The van der Waals surface area contributed by atoms with E-state index in [0.29, 0.717) is 28.1 Å². The fraction of sp³-hybridized carbons (Fsp3) is 0.0385. The first-order valence-electron chi connectivity index (χ1n) is 10.2. The summed E-state index contributed by atoms with van der Waals surface area (Å²) in [6, 6.07) is 29.7. The molecule has 2 aromatic heterocycles. The Morgan fingerprint density at radius 1 is 0.625 bits per heavy atom. The number of aromatic nitrogens is 3. The zero-order chi connectivity index (χ0) is 22.0. The monoisotopic (exact) mass is 437 g/mol. The zero-order valence-electron chi connectivity index (χ0n) is 17.1. The lowest BCUT2D eigenvalue weighted by Crippen LogP contribution is -2.07. The highest BCUT2D eigenvalue weighted by atomic mass is 32.2. The van der Waals surface area contributed by atoms with Gasteiger partial charge in [-0.3, -0.25) is 0 Å². The maximum atomic E-state index is 13.0. The van der Waals surface area contributed by atoms with Crippen LogP contribution in [0.15, 0.2) is 108 Å². The summed E-state index contributed by atoms with van der Waals surface area (Å²) in [6.07, 6.45) is 1.59. The van der Waals surface area contributed by atoms with Crippen molar-refractivity contribution in [1.82, 2.24) is 15.0 Å². The molecule has 0 N–H and O–H groups in total. The minimum atomic E-state index is -3.54. The van der Waals surface area contributed by atoms with Gasteiger partial charge < -0.3 is 0 Å². The molecule has 2 heterocycles. The Morgan fingerprint density at radius 3 is 1.75 bits per heavy atom. The summed E-state index contributed by atoms with van der Waals surface area (Å²) in [6.45, 7) is 0. The van der Waals surface area contributed by atoms with Crippen molar-refractivity contribution in [3.8, 4) is 22.5 Å². The maximum Gasteiger partial charge on any atom is 0.182 e. The first-order valence-corrected chi connectivity index (χ1v) is 11.8. The number of rotatable bonds is 5. The van der Waals surface area contributed by atoms with Gasteiger partial charge in [-0.05, 0) is 23.8 Å². The Labute approximate surface area is 186 Å². The third kappa shape index (κ3) is 3.88. The summed E-state index contributed by atoms with van der Waals surface area (Å²) in [7, 11) is -3.54. The van der Waals surface area contributed by atoms with E-state index < -0.39 is 9.84 Å². The molecule has 0 aliphatic heterocycles. The average Bonchev–Trinajstić information content (AvgIpc) is 2.85. The van der Waals surface area contributed by atoms with Crippen LogP contribution < -0.4 is 0 Å². The van der Waals surface area contributed by atoms with E-state index in [1.807, 2.05) is 60.7 Å². The summed E-state index contributed by atoms with van der Waals surface area (Å²) < 4.78 is 26.0. The standard InChI is InChI=1S/C26H19N3O2S/c30-32(31,22-14-8-3-9-15-22)18-21-16-17-27-26-25(21)28-23(19-10-4-1-5-11-19)24(29-26)20-12-6-2-7-13-20/h1-17H,18H2. The average molecular weight is 438 g/mol. The molecule has 5 nitrogen and oxygen atoms in total. The molecule has 0 atom stereocenters. The molecule has 0 fully saturated rings. The van der Waals surface area contributed by atoms with Crippen LogP contribution in [-0.4, -0.2) is 23.4 Å². The van der Waals surface area contributed by atoms with Gasteiger partial charge in [-0.1, -0.05) is 78.9 Å². The van der Waals surface area contributed by atoms with Gasteiger partial charge in [0.05, 0.1) is 22.0 Å². The Balaban J connectivity index is 1.71. The lowest BCUT2D eigenvalue weighted by Gasteiger charge is -2.12. The number of fused-ring (bicyclic) bond motifs is 1. The normalized spacial score (nSPS) is 11.5. The van der Waals surface area contributed by atoms with Crippen LogP contribution in [0, 0.1) is 0 Å². The van der Waals surface area contributed by atoms with Crippen LogP contribution in [0.4, 0.5) is 0 Å². The van der Waals surface area contributed by atoms with Crippen LogP contribution in [0.2, 0.25) is 0 Å². The number of hydrogen-bond acceptors (Lipinski definition) is 5. The summed E-state index contributed by atoms with van der Waals surface area (Å²) in [4.78, 5) is 14.4. The number of benzene rings is 3. The third-order valence-electron chi connectivity index (χ3n) is 5.20. The first-order chi connectivity index (χ1) is 15.6. The highest BCUT2D eigenvalue weighted by Crippen LogP contribution is 2.31. The molecule has 0 amide bonds. The fourth-order valence-corrected chi connectivity index (χ4v) is 5.02. The molecule has 0 unspecified atom stereocenters. The molecule has 5 rings (SSSR count). The number of pyridine rings is 1. The quantitative estimate of drug-likeness (QED) is 0.371. The van der Waals surface area contributed by atoms with Crippen LogP contribution in [0.5, 0.6) is 0 Å². The highest BCUT2D eigenvalue weighted by Gasteiger charge is 2.20. The number of hydrogen-bond donors (Lipinski definition) is 0. The second kappa shape index (κ2) is 8.32. The smallest absolute Gasteiger partial charge is 0.182 e. The van der Waals surface area contributed by atoms with Gasteiger partial charge in [0, 0.05) is 17.3 Å². The minimum absolute atomic E-state index is 0.177. The van der Waals surface area contributed by atoms with Gasteiger partial charge in [0.15, 0.2) is 15.5 Å². The van der Waals surface area contributed by atoms with E-state index in [1.165, 1.54) is 0 Å². The largest absolute Gasteiger partial charge is 0.242 e. The SMILES string of the molecule is O=S(=O)(Cc1ccnc2nc(-c3ccccc3)c(-c3ccccc3)nc12)c1ccccc1. The van der Waals surface area contributed by atoms with Crippen molar-refractivity contribution in [2.24, 2.45) is 0 Å². The number of nitrogens with zero attached hydrogens (tertiary/aromatic N) is 3. The fourth-order valence-electron chi connectivity index (χ4n) is 3.64. The van der Waals surface area contributed by atoms with Crippen molar-refractivity contribution in [1.29, 1.82) is 0 Å². The van der Waals surface area contributed by atoms with E-state index in [2.05, 4.69) is 4.98 Å². The number of sulfone groups is 1. The predicted molar refractivity (Wildman–Crippen MR) is 126 cm³/mol. The summed E-state index contributed by atoms with van der Waals surface area (Å²) in [5.74, 6) is -0.177. The van der Waals surface area contributed by atoms with E-state index in [1.54, 1.807) is 42.6 Å². The summed E-state index contributed by atoms with van der Waals surface area (Å²) in [5, 5.41) is 0. The van der Waals surface area contributed by atoms with Gasteiger partial charge >= 0.3 is 0 Å². The van der Waals surface area contributed by atoms with E-state index >= 15 is 0 Å². The van der Waals surface area contributed by atoms with Crippen molar-refractivity contribution < 1.29 is 8.42 Å². The van der Waals surface area contributed by atoms with E-state index in [9.17, 15) is 8.42 Å².